The summed E-state index contributed by atoms with van der Waals surface area (Å²) in [6.45, 7) is 0. The van der Waals surface area contributed by atoms with Gasteiger partial charge in [0, 0.05) is 5.75 Å². The normalized spacial score (nSPS) is 10.1. The van der Waals surface area contributed by atoms with Crippen LogP contribution in [0, 0.1) is 5.82 Å². The predicted octanol–water partition coefficient (Wildman–Crippen LogP) is 1.92. The third-order valence-electron chi connectivity index (χ3n) is 1.46. The smallest absolute Gasteiger partial charge is 0.306 e. The van der Waals surface area contributed by atoms with Crippen molar-refractivity contribution in [3.05, 3.63) is 17.3 Å². The number of nitrogens with zero attached hydrogens (tertiary/aromatic N) is 2. The Labute approximate surface area is 95.2 Å². The average Bonchev–Trinajstić information content (AvgIpc) is 2.23. The van der Waals surface area contributed by atoms with Gasteiger partial charge in [-0.3, -0.25) is 4.79 Å². The van der Waals surface area contributed by atoms with Crippen LogP contribution in [0.3, 0.4) is 0 Å². The van der Waals surface area contributed by atoms with E-state index in [1.807, 2.05) is 0 Å². The number of carbonyl (C=O) groups excluding carboxylic acids is 1. The van der Waals surface area contributed by atoms with E-state index in [2.05, 4.69) is 14.7 Å². The molecule has 1 rings (SSSR count). The first-order valence-corrected chi connectivity index (χ1v) is 5.37. The number of hydrogen-bond donors (Lipinski definition) is 0. The summed E-state index contributed by atoms with van der Waals surface area (Å²) in [6.07, 6.45) is 1.19. The molecule has 0 aliphatic carbocycles. The number of methoxy groups -OCH3 is 1. The zero-order valence-corrected chi connectivity index (χ0v) is 9.44. The molecule has 0 saturated heterocycles. The lowest BCUT2D eigenvalue weighted by molar-refractivity contribution is -0.140. The SMILES string of the molecule is COC(=O)CCSc1nc(Cl)ncc1F. The molecule has 0 aliphatic rings. The van der Waals surface area contributed by atoms with Gasteiger partial charge >= 0.3 is 5.97 Å². The number of rotatable bonds is 4. The van der Waals surface area contributed by atoms with E-state index in [-0.39, 0.29) is 22.7 Å². The third kappa shape index (κ3) is 4.01. The Kier molecular flexibility index (Phi) is 4.77. The van der Waals surface area contributed by atoms with Crippen molar-refractivity contribution in [2.24, 2.45) is 0 Å². The van der Waals surface area contributed by atoms with Crippen LogP contribution in [0.2, 0.25) is 5.28 Å². The van der Waals surface area contributed by atoms with Gasteiger partial charge in [-0.2, -0.15) is 0 Å². The van der Waals surface area contributed by atoms with E-state index in [4.69, 9.17) is 11.6 Å². The molecule has 82 valence electrons. The zero-order valence-electron chi connectivity index (χ0n) is 7.87. The monoisotopic (exact) mass is 250 g/mol. The Morgan fingerprint density at radius 3 is 3.13 bits per heavy atom. The van der Waals surface area contributed by atoms with Crippen molar-refractivity contribution in [2.45, 2.75) is 11.4 Å². The van der Waals surface area contributed by atoms with Crippen molar-refractivity contribution >= 4 is 29.3 Å². The molecule has 0 N–H and O–H groups in total. The summed E-state index contributed by atoms with van der Waals surface area (Å²) in [5.74, 6) is -0.506. The van der Waals surface area contributed by atoms with Crippen molar-refractivity contribution in [1.29, 1.82) is 0 Å². The Balaban J connectivity index is 2.50. The summed E-state index contributed by atoms with van der Waals surface area (Å²) in [4.78, 5) is 17.9. The van der Waals surface area contributed by atoms with Crippen LogP contribution in [0.5, 0.6) is 0 Å². The number of halogens is 2. The van der Waals surface area contributed by atoms with Crippen LogP contribution in [-0.2, 0) is 9.53 Å². The maximum absolute atomic E-state index is 13.1. The lowest BCUT2D eigenvalue weighted by Gasteiger charge is -2.01. The second kappa shape index (κ2) is 5.87. The van der Waals surface area contributed by atoms with Gasteiger partial charge in [0.2, 0.25) is 5.28 Å². The number of hydrogen-bond acceptors (Lipinski definition) is 5. The fourth-order valence-corrected chi connectivity index (χ4v) is 1.75. The molecular weight excluding hydrogens is 243 g/mol. The van der Waals surface area contributed by atoms with Gasteiger partial charge in [0.1, 0.15) is 5.03 Å². The molecule has 0 amide bonds. The quantitative estimate of drug-likeness (QED) is 0.354. The molecule has 0 fully saturated rings. The highest BCUT2D eigenvalue weighted by molar-refractivity contribution is 7.99. The van der Waals surface area contributed by atoms with E-state index in [0.29, 0.717) is 5.75 Å². The van der Waals surface area contributed by atoms with Gasteiger partial charge < -0.3 is 4.74 Å². The Bertz CT molecular complexity index is 364. The highest BCUT2D eigenvalue weighted by Crippen LogP contribution is 2.20. The molecule has 0 spiro atoms. The van der Waals surface area contributed by atoms with Crippen molar-refractivity contribution in [3.8, 4) is 0 Å². The van der Waals surface area contributed by atoms with E-state index < -0.39 is 5.82 Å². The first-order valence-electron chi connectivity index (χ1n) is 4.01. The zero-order chi connectivity index (χ0) is 11.3. The second-order valence-electron chi connectivity index (χ2n) is 2.47. The van der Waals surface area contributed by atoms with Crippen molar-refractivity contribution in [1.82, 2.24) is 9.97 Å². The molecule has 0 atom stereocenters. The Morgan fingerprint density at radius 2 is 2.47 bits per heavy atom. The maximum atomic E-state index is 13.1. The largest absolute Gasteiger partial charge is 0.469 e. The Morgan fingerprint density at radius 1 is 1.73 bits per heavy atom. The summed E-state index contributed by atoms with van der Waals surface area (Å²) >= 11 is 6.59. The number of aromatic nitrogens is 2. The molecule has 0 bridgehead atoms. The van der Waals surface area contributed by atoms with Gasteiger partial charge in [-0.25, -0.2) is 14.4 Å². The lowest BCUT2D eigenvalue weighted by Crippen LogP contribution is -2.01. The minimum Gasteiger partial charge on any atom is -0.469 e. The van der Waals surface area contributed by atoms with Crippen LogP contribution in [0.4, 0.5) is 4.39 Å². The van der Waals surface area contributed by atoms with Gasteiger partial charge in [0.05, 0.1) is 19.7 Å². The molecule has 1 aromatic heterocycles. The number of ether oxygens (including phenoxy) is 1. The van der Waals surface area contributed by atoms with Gasteiger partial charge in [-0.05, 0) is 11.6 Å². The summed E-state index contributed by atoms with van der Waals surface area (Å²) < 4.78 is 17.5. The maximum Gasteiger partial charge on any atom is 0.306 e. The van der Waals surface area contributed by atoms with Gasteiger partial charge in [-0.1, -0.05) is 0 Å². The van der Waals surface area contributed by atoms with E-state index in [9.17, 15) is 9.18 Å². The molecule has 0 unspecified atom stereocenters. The van der Waals surface area contributed by atoms with Crippen LogP contribution in [0.25, 0.3) is 0 Å². The van der Waals surface area contributed by atoms with E-state index in [0.717, 1.165) is 18.0 Å². The predicted molar refractivity (Wildman–Crippen MR) is 54.4 cm³/mol. The number of carbonyl (C=O) groups is 1. The van der Waals surface area contributed by atoms with Crippen molar-refractivity contribution in [3.63, 3.8) is 0 Å². The molecule has 15 heavy (non-hydrogen) atoms. The molecule has 0 aliphatic heterocycles. The van der Waals surface area contributed by atoms with Crippen molar-refractivity contribution < 1.29 is 13.9 Å². The van der Waals surface area contributed by atoms with Gasteiger partial charge in [0.25, 0.3) is 0 Å². The standard InChI is InChI=1S/C8H8ClFN2O2S/c1-14-6(13)2-3-15-7-5(10)4-11-8(9)12-7/h4H,2-3H2,1H3. The van der Waals surface area contributed by atoms with E-state index >= 15 is 0 Å². The summed E-state index contributed by atoms with van der Waals surface area (Å²) in [5, 5.41) is 0.121. The molecule has 0 saturated carbocycles. The lowest BCUT2D eigenvalue weighted by atomic mass is 10.5. The molecule has 7 heteroatoms. The van der Waals surface area contributed by atoms with Crippen molar-refractivity contribution in [2.75, 3.05) is 12.9 Å². The van der Waals surface area contributed by atoms with Gasteiger partial charge in [0.15, 0.2) is 5.82 Å². The molecule has 1 aromatic rings. The minimum absolute atomic E-state index is 0.0167. The summed E-state index contributed by atoms with van der Waals surface area (Å²) in [5.41, 5.74) is 0. The highest BCUT2D eigenvalue weighted by Gasteiger charge is 2.08. The number of esters is 1. The highest BCUT2D eigenvalue weighted by atomic mass is 35.5. The van der Waals surface area contributed by atoms with Crippen LogP contribution in [-0.4, -0.2) is 28.8 Å². The average molecular weight is 251 g/mol. The van der Waals surface area contributed by atoms with Gasteiger partial charge in [-0.15, -0.1) is 11.8 Å². The van der Waals surface area contributed by atoms with Crippen LogP contribution >= 0.6 is 23.4 Å². The molecule has 0 aromatic carbocycles. The molecule has 0 radical (unpaired) electrons. The first-order chi connectivity index (χ1) is 7.13. The fraction of sp³-hybridized carbons (Fsp3) is 0.375. The third-order valence-corrected chi connectivity index (χ3v) is 2.61. The van der Waals surface area contributed by atoms with Crippen LogP contribution < -0.4 is 0 Å². The van der Waals surface area contributed by atoms with E-state index in [1.54, 1.807) is 0 Å². The summed E-state index contributed by atoms with van der Waals surface area (Å²) in [7, 11) is 1.30. The first kappa shape index (κ1) is 12.2. The Hall–Kier alpha value is -0.880. The fourth-order valence-electron chi connectivity index (χ4n) is 0.766. The second-order valence-corrected chi connectivity index (χ2v) is 3.89. The number of thioether (sulfide) groups is 1. The topological polar surface area (TPSA) is 52.1 Å². The molecule has 1 heterocycles. The van der Waals surface area contributed by atoms with E-state index in [1.165, 1.54) is 7.11 Å². The molecule has 4 nitrogen and oxygen atoms in total. The van der Waals surface area contributed by atoms with Crippen LogP contribution in [0.1, 0.15) is 6.42 Å². The minimum atomic E-state index is -0.547. The van der Waals surface area contributed by atoms with Crippen LogP contribution in [0.15, 0.2) is 11.2 Å². The molecular formula is C8H8ClFN2O2S. The summed E-state index contributed by atoms with van der Waals surface area (Å²) in [6, 6.07) is 0.